The molecule has 0 bridgehead atoms. The Morgan fingerprint density at radius 2 is 1.88 bits per heavy atom. The van der Waals surface area contributed by atoms with Crippen LogP contribution < -0.4 is 15.2 Å². The molecule has 0 fully saturated rings. The van der Waals surface area contributed by atoms with E-state index in [9.17, 15) is 0 Å². The third-order valence-electron chi connectivity index (χ3n) is 2.56. The van der Waals surface area contributed by atoms with E-state index in [2.05, 4.69) is 0 Å². The second-order valence-corrected chi connectivity index (χ2v) is 4.03. The summed E-state index contributed by atoms with van der Waals surface area (Å²) in [5.41, 5.74) is 7.84. The van der Waals surface area contributed by atoms with Crippen molar-refractivity contribution in [2.75, 3.05) is 14.2 Å². The Hall–Kier alpha value is -0.930. The Kier molecular flexibility index (Phi) is 4.44. The average molecular weight is 244 g/mol. The van der Waals surface area contributed by atoms with Gasteiger partial charge in [-0.25, -0.2) is 0 Å². The maximum absolute atomic E-state index is 6.24. The van der Waals surface area contributed by atoms with Gasteiger partial charge in [-0.05, 0) is 25.0 Å². The monoisotopic (exact) mass is 243 g/mol. The van der Waals surface area contributed by atoms with E-state index in [1.165, 1.54) is 0 Å². The molecule has 0 spiro atoms. The Bertz CT molecular complexity index is 378. The minimum Gasteiger partial charge on any atom is -0.495 e. The van der Waals surface area contributed by atoms with Crippen molar-refractivity contribution < 1.29 is 9.47 Å². The van der Waals surface area contributed by atoms with Crippen molar-refractivity contribution in [3.63, 3.8) is 0 Å². The van der Waals surface area contributed by atoms with Crippen LogP contribution in [0.15, 0.2) is 6.07 Å². The highest BCUT2D eigenvalue weighted by Gasteiger charge is 2.19. The summed E-state index contributed by atoms with van der Waals surface area (Å²) >= 11 is 6.24. The maximum Gasteiger partial charge on any atom is 0.146 e. The molecule has 0 radical (unpaired) electrons. The smallest absolute Gasteiger partial charge is 0.146 e. The molecule has 0 aliphatic carbocycles. The molecular weight excluding hydrogens is 226 g/mol. The van der Waals surface area contributed by atoms with Gasteiger partial charge in [0.2, 0.25) is 0 Å². The van der Waals surface area contributed by atoms with Crippen molar-refractivity contribution in [2.24, 2.45) is 5.73 Å². The van der Waals surface area contributed by atoms with Crippen LogP contribution in [-0.2, 0) is 6.42 Å². The van der Waals surface area contributed by atoms with Gasteiger partial charge < -0.3 is 15.2 Å². The van der Waals surface area contributed by atoms with Gasteiger partial charge in [0.1, 0.15) is 16.5 Å². The second-order valence-electron chi connectivity index (χ2n) is 3.65. The maximum atomic E-state index is 6.24. The molecule has 0 aliphatic rings. The zero-order chi connectivity index (χ0) is 12.3. The van der Waals surface area contributed by atoms with Gasteiger partial charge in [-0.3, -0.25) is 0 Å². The number of halogens is 1. The standard InChI is InChI=1S/C12H18ClNO2/c1-5-8-6-9(7(2)14)12(16-4)10(13)11(8)15-3/h6-7H,5,14H2,1-4H3. The van der Waals surface area contributed by atoms with Gasteiger partial charge >= 0.3 is 0 Å². The second kappa shape index (κ2) is 5.41. The van der Waals surface area contributed by atoms with E-state index in [4.69, 9.17) is 26.8 Å². The predicted octanol–water partition coefficient (Wildman–Crippen LogP) is 2.94. The SMILES string of the molecule is CCc1cc(C(C)N)c(OC)c(Cl)c1OC. The highest BCUT2D eigenvalue weighted by Crippen LogP contribution is 2.41. The number of hydrogen-bond donors (Lipinski definition) is 1. The molecule has 1 rings (SSSR count). The summed E-state index contributed by atoms with van der Waals surface area (Å²) in [6.45, 7) is 3.95. The summed E-state index contributed by atoms with van der Waals surface area (Å²) in [4.78, 5) is 0. The first-order chi connectivity index (χ1) is 7.56. The van der Waals surface area contributed by atoms with E-state index in [1.807, 2.05) is 19.9 Å². The molecule has 1 aromatic rings. The molecule has 0 amide bonds. The van der Waals surface area contributed by atoms with E-state index < -0.39 is 0 Å². The fraction of sp³-hybridized carbons (Fsp3) is 0.500. The summed E-state index contributed by atoms with van der Waals surface area (Å²) in [5.74, 6) is 1.27. The van der Waals surface area contributed by atoms with E-state index in [-0.39, 0.29) is 6.04 Å². The molecule has 1 unspecified atom stereocenters. The first kappa shape index (κ1) is 13.1. The van der Waals surface area contributed by atoms with Gasteiger partial charge in [-0.15, -0.1) is 0 Å². The molecule has 90 valence electrons. The van der Waals surface area contributed by atoms with Crippen LogP contribution in [0.5, 0.6) is 11.5 Å². The zero-order valence-corrected chi connectivity index (χ0v) is 10.9. The molecule has 0 saturated heterocycles. The normalized spacial score (nSPS) is 12.4. The lowest BCUT2D eigenvalue weighted by atomic mass is 10.0. The lowest BCUT2D eigenvalue weighted by Crippen LogP contribution is -2.09. The Morgan fingerprint density at radius 3 is 2.25 bits per heavy atom. The summed E-state index contributed by atoms with van der Waals surface area (Å²) in [5, 5.41) is 0.497. The van der Waals surface area contributed by atoms with Crippen LogP contribution in [0.1, 0.15) is 31.0 Å². The van der Waals surface area contributed by atoms with E-state index in [1.54, 1.807) is 14.2 Å². The number of aryl methyl sites for hydroxylation is 1. The Labute approximate surface area is 101 Å². The molecule has 16 heavy (non-hydrogen) atoms. The first-order valence-corrected chi connectivity index (χ1v) is 5.63. The van der Waals surface area contributed by atoms with Crippen LogP contribution in [0.4, 0.5) is 0 Å². The number of hydrogen-bond acceptors (Lipinski definition) is 3. The van der Waals surface area contributed by atoms with Gasteiger partial charge in [0, 0.05) is 11.6 Å². The van der Waals surface area contributed by atoms with Crippen LogP contribution in [0.2, 0.25) is 5.02 Å². The van der Waals surface area contributed by atoms with Crippen molar-refractivity contribution in [3.8, 4) is 11.5 Å². The summed E-state index contributed by atoms with van der Waals surface area (Å²) in [7, 11) is 3.18. The Balaban J connectivity index is 3.47. The molecule has 0 aliphatic heterocycles. The van der Waals surface area contributed by atoms with Crippen LogP contribution in [0.25, 0.3) is 0 Å². The van der Waals surface area contributed by atoms with Gasteiger partial charge in [0.25, 0.3) is 0 Å². The van der Waals surface area contributed by atoms with E-state index in [0.29, 0.717) is 16.5 Å². The summed E-state index contributed by atoms with van der Waals surface area (Å²) in [6.07, 6.45) is 0.840. The number of ether oxygens (including phenoxy) is 2. The minimum absolute atomic E-state index is 0.122. The molecule has 0 heterocycles. The molecule has 0 aromatic heterocycles. The van der Waals surface area contributed by atoms with Crippen LogP contribution in [0, 0.1) is 0 Å². The third kappa shape index (κ3) is 2.25. The minimum atomic E-state index is -0.122. The lowest BCUT2D eigenvalue weighted by Gasteiger charge is -2.18. The summed E-state index contributed by atoms with van der Waals surface area (Å²) in [6, 6.07) is 1.87. The van der Waals surface area contributed by atoms with Crippen molar-refractivity contribution in [1.82, 2.24) is 0 Å². The number of nitrogens with two attached hydrogens (primary N) is 1. The van der Waals surface area contributed by atoms with E-state index >= 15 is 0 Å². The molecule has 2 N–H and O–H groups in total. The van der Waals surface area contributed by atoms with E-state index in [0.717, 1.165) is 17.5 Å². The number of rotatable bonds is 4. The number of benzene rings is 1. The summed E-state index contributed by atoms with van der Waals surface area (Å²) < 4.78 is 10.6. The van der Waals surface area contributed by atoms with Crippen LogP contribution in [0.3, 0.4) is 0 Å². The largest absolute Gasteiger partial charge is 0.495 e. The van der Waals surface area contributed by atoms with Crippen molar-refractivity contribution in [1.29, 1.82) is 0 Å². The predicted molar refractivity (Wildman–Crippen MR) is 66.5 cm³/mol. The topological polar surface area (TPSA) is 44.5 Å². The van der Waals surface area contributed by atoms with Crippen LogP contribution >= 0.6 is 11.6 Å². The first-order valence-electron chi connectivity index (χ1n) is 5.25. The molecule has 1 aromatic carbocycles. The zero-order valence-electron chi connectivity index (χ0n) is 10.1. The number of methoxy groups -OCH3 is 2. The van der Waals surface area contributed by atoms with Gasteiger partial charge in [-0.2, -0.15) is 0 Å². The highest BCUT2D eigenvalue weighted by molar-refractivity contribution is 6.33. The van der Waals surface area contributed by atoms with Gasteiger partial charge in [0.15, 0.2) is 0 Å². The highest BCUT2D eigenvalue weighted by atomic mass is 35.5. The van der Waals surface area contributed by atoms with Gasteiger partial charge in [0.05, 0.1) is 14.2 Å². The lowest BCUT2D eigenvalue weighted by molar-refractivity contribution is 0.387. The molecule has 4 heteroatoms. The molecule has 0 saturated carbocycles. The molecular formula is C12H18ClNO2. The fourth-order valence-corrected chi connectivity index (χ4v) is 2.10. The quantitative estimate of drug-likeness (QED) is 0.884. The van der Waals surface area contributed by atoms with Crippen molar-refractivity contribution >= 4 is 11.6 Å². The van der Waals surface area contributed by atoms with Crippen molar-refractivity contribution in [2.45, 2.75) is 26.3 Å². The average Bonchev–Trinajstić information content (AvgIpc) is 2.27. The Morgan fingerprint density at radius 1 is 1.31 bits per heavy atom. The molecule has 3 nitrogen and oxygen atoms in total. The molecule has 1 atom stereocenters. The third-order valence-corrected chi connectivity index (χ3v) is 2.91. The fourth-order valence-electron chi connectivity index (χ4n) is 1.72. The van der Waals surface area contributed by atoms with Crippen molar-refractivity contribution in [3.05, 3.63) is 22.2 Å². The van der Waals surface area contributed by atoms with Crippen LogP contribution in [-0.4, -0.2) is 14.2 Å². The van der Waals surface area contributed by atoms with Gasteiger partial charge in [-0.1, -0.05) is 18.5 Å².